The third-order valence-electron chi connectivity index (χ3n) is 3.28. The molecule has 1 unspecified atom stereocenters. The molecule has 0 radical (unpaired) electrons. The van der Waals surface area contributed by atoms with E-state index in [9.17, 15) is 4.79 Å². The summed E-state index contributed by atoms with van der Waals surface area (Å²) in [4.78, 5) is 11.2. The second-order valence-electron chi connectivity index (χ2n) is 4.75. The van der Waals surface area contributed by atoms with E-state index in [4.69, 9.17) is 18.9 Å². The van der Waals surface area contributed by atoms with E-state index < -0.39 is 12.4 Å². The van der Waals surface area contributed by atoms with Crippen LogP contribution in [0.1, 0.15) is 18.8 Å². The fourth-order valence-corrected chi connectivity index (χ4v) is 2.37. The van der Waals surface area contributed by atoms with Gasteiger partial charge in [-0.1, -0.05) is 30.3 Å². The number of hydrogen-bond donors (Lipinski definition) is 0. The fraction of sp³-hybridized carbons (Fsp3) is 0.400. The summed E-state index contributed by atoms with van der Waals surface area (Å²) in [6.07, 6.45) is 1.69. The quantitative estimate of drug-likeness (QED) is 0.773. The molecule has 5 nitrogen and oxygen atoms in total. The van der Waals surface area contributed by atoms with Crippen molar-refractivity contribution in [3.05, 3.63) is 48.2 Å². The highest BCUT2D eigenvalue weighted by molar-refractivity contribution is 5.66. The van der Waals surface area contributed by atoms with E-state index in [1.165, 1.54) is 13.2 Å². The zero-order chi connectivity index (χ0) is 13.9. The highest BCUT2D eigenvalue weighted by Crippen LogP contribution is 2.32. The van der Waals surface area contributed by atoms with Crippen LogP contribution in [0.2, 0.25) is 0 Å². The Morgan fingerprint density at radius 1 is 1.30 bits per heavy atom. The van der Waals surface area contributed by atoms with Crippen LogP contribution in [0.25, 0.3) is 0 Å². The predicted octanol–water partition coefficient (Wildman–Crippen LogP) is 1.94. The summed E-state index contributed by atoms with van der Waals surface area (Å²) < 4.78 is 22.3. The van der Waals surface area contributed by atoms with Gasteiger partial charge >= 0.3 is 5.97 Å². The van der Waals surface area contributed by atoms with Gasteiger partial charge in [-0.15, -0.1) is 0 Å². The number of ether oxygens (including phenoxy) is 4. The number of esters is 1. The monoisotopic (exact) mass is 276 g/mol. The molecule has 1 fully saturated rings. The van der Waals surface area contributed by atoms with Crippen LogP contribution in [0.15, 0.2) is 42.7 Å². The highest BCUT2D eigenvalue weighted by atomic mass is 16.7. The van der Waals surface area contributed by atoms with Crippen molar-refractivity contribution in [1.82, 2.24) is 0 Å². The first-order valence-corrected chi connectivity index (χ1v) is 6.55. The third kappa shape index (κ3) is 2.69. The lowest BCUT2D eigenvalue weighted by atomic mass is 10.0. The smallest absolute Gasteiger partial charge is 0.303 e. The van der Waals surface area contributed by atoms with Crippen LogP contribution in [0, 0.1) is 0 Å². The van der Waals surface area contributed by atoms with E-state index in [1.807, 2.05) is 30.3 Å². The molecule has 0 aromatic heterocycles. The summed E-state index contributed by atoms with van der Waals surface area (Å²) in [5.41, 5.74) is 0.932. The van der Waals surface area contributed by atoms with Crippen LogP contribution in [-0.4, -0.2) is 30.9 Å². The van der Waals surface area contributed by atoms with Gasteiger partial charge in [0.05, 0.1) is 12.9 Å². The number of rotatable bonds is 2. The Balaban J connectivity index is 1.76. The summed E-state index contributed by atoms with van der Waals surface area (Å²) in [7, 11) is 0. The van der Waals surface area contributed by atoms with Crippen LogP contribution in [-0.2, 0) is 23.7 Å². The maximum absolute atomic E-state index is 11.2. The van der Waals surface area contributed by atoms with Crippen molar-refractivity contribution in [2.24, 2.45) is 0 Å². The standard InChI is InChI=1S/C15H16O5/c1-10(16)19-12-7-8-17-13-9-18-15(20-14(12)13)11-5-3-2-4-6-11/h2-8,12-15H,9H2,1H3/t12-,13-,14+,15?/m1/s1. The zero-order valence-corrected chi connectivity index (χ0v) is 11.1. The van der Waals surface area contributed by atoms with Crippen molar-refractivity contribution < 1.29 is 23.7 Å². The van der Waals surface area contributed by atoms with Crippen LogP contribution in [0.5, 0.6) is 0 Å². The number of carbonyl (C=O) groups excluding carboxylic acids is 1. The van der Waals surface area contributed by atoms with Crippen LogP contribution < -0.4 is 0 Å². The topological polar surface area (TPSA) is 54.0 Å². The van der Waals surface area contributed by atoms with Gasteiger partial charge in [0.15, 0.2) is 18.5 Å². The average Bonchev–Trinajstić information content (AvgIpc) is 2.47. The Labute approximate surface area is 117 Å². The second-order valence-corrected chi connectivity index (χ2v) is 4.75. The van der Waals surface area contributed by atoms with E-state index in [-0.39, 0.29) is 18.2 Å². The predicted molar refractivity (Wildman–Crippen MR) is 69.6 cm³/mol. The molecule has 2 aliphatic rings. The number of hydrogen-bond acceptors (Lipinski definition) is 5. The molecule has 5 heteroatoms. The molecule has 2 heterocycles. The lowest BCUT2D eigenvalue weighted by molar-refractivity contribution is -0.278. The Morgan fingerprint density at radius 2 is 2.10 bits per heavy atom. The number of benzene rings is 1. The van der Waals surface area contributed by atoms with Crippen molar-refractivity contribution >= 4 is 5.97 Å². The van der Waals surface area contributed by atoms with E-state index in [0.29, 0.717) is 6.61 Å². The molecule has 0 saturated carbocycles. The molecule has 20 heavy (non-hydrogen) atoms. The van der Waals surface area contributed by atoms with Gasteiger partial charge in [-0.25, -0.2) is 0 Å². The summed E-state index contributed by atoms with van der Waals surface area (Å²) in [6.45, 7) is 1.78. The first-order chi connectivity index (χ1) is 9.74. The van der Waals surface area contributed by atoms with Gasteiger partial charge in [0.25, 0.3) is 0 Å². The third-order valence-corrected chi connectivity index (χ3v) is 3.28. The Morgan fingerprint density at radius 3 is 2.85 bits per heavy atom. The van der Waals surface area contributed by atoms with Gasteiger partial charge in [-0.2, -0.15) is 0 Å². The lowest BCUT2D eigenvalue weighted by Gasteiger charge is -2.40. The van der Waals surface area contributed by atoms with Gasteiger partial charge in [-0.3, -0.25) is 4.79 Å². The van der Waals surface area contributed by atoms with Gasteiger partial charge in [0, 0.05) is 12.5 Å². The average molecular weight is 276 g/mol. The van der Waals surface area contributed by atoms with E-state index in [1.54, 1.807) is 6.08 Å². The lowest BCUT2D eigenvalue weighted by Crippen LogP contribution is -2.50. The highest BCUT2D eigenvalue weighted by Gasteiger charge is 2.41. The molecule has 0 amide bonds. The van der Waals surface area contributed by atoms with Crippen LogP contribution in [0.3, 0.4) is 0 Å². The normalized spacial score (nSPS) is 32.0. The molecular formula is C15H16O5. The molecule has 1 aromatic rings. The second kappa shape index (κ2) is 5.64. The van der Waals surface area contributed by atoms with Crippen LogP contribution in [0.4, 0.5) is 0 Å². The van der Waals surface area contributed by atoms with E-state index >= 15 is 0 Å². The molecule has 1 saturated heterocycles. The minimum absolute atomic E-state index is 0.260. The van der Waals surface area contributed by atoms with Gasteiger partial charge < -0.3 is 18.9 Å². The Kier molecular flexibility index (Phi) is 3.71. The molecule has 0 N–H and O–H groups in total. The molecule has 0 aliphatic carbocycles. The van der Waals surface area contributed by atoms with E-state index in [0.717, 1.165) is 5.56 Å². The minimum atomic E-state index is -0.467. The summed E-state index contributed by atoms with van der Waals surface area (Å²) in [5.74, 6) is -0.341. The van der Waals surface area contributed by atoms with Gasteiger partial charge in [0.1, 0.15) is 6.10 Å². The molecule has 3 rings (SSSR count). The van der Waals surface area contributed by atoms with Crippen molar-refractivity contribution in [2.75, 3.05) is 6.61 Å². The van der Waals surface area contributed by atoms with Gasteiger partial charge in [0.2, 0.25) is 0 Å². The minimum Gasteiger partial charge on any atom is -0.493 e. The fourth-order valence-electron chi connectivity index (χ4n) is 2.37. The van der Waals surface area contributed by atoms with E-state index in [2.05, 4.69) is 0 Å². The Bertz CT molecular complexity index is 498. The molecule has 0 bridgehead atoms. The molecular weight excluding hydrogens is 260 g/mol. The zero-order valence-electron chi connectivity index (χ0n) is 11.1. The number of carbonyl (C=O) groups is 1. The molecule has 106 valence electrons. The van der Waals surface area contributed by atoms with Crippen molar-refractivity contribution in [3.8, 4) is 0 Å². The van der Waals surface area contributed by atoms with Crippen LogP contribution >= 0.6 is 0 Å². The maximum atomic E-state index is 11.2. The van der Waals surface area contributed by atoms with Crippen molar-refractivity contribution in [1.29, 1.82) is 0 Å². The Hall–Kier alpha value is -1.85. The molecule has 4 atom stereocenters. The first kappa shape index (κ1) is 13.1. The van der Waals surface area contributed by atoms with Crippen molar-refractivity contribution in [2.45, 2.75) is 31.5 Å². The first-order valence-electron chi connectivity index (χ1n) is 6.55. The van der Waals surface area contributed by atoms with Crippen molar-refractivity contribution in [3.63, 3.8) is 0 Å². The number of fused-ring (bicyclic) bond motifs is 1. The summed E-state index contributed by atoms with van der Waals surface area (Å²) in [6, 6.07) is 9.66. The maximum Gasteiger partial charge on any atom is 0.303 e. The SMILES string of the molecule is CC(=O)O[C@@H]1C=CO[C@@H]2COC(c3ccccc3)O[C@@H]12. The van der Waals surface area contributed by atoms with Gasteiger partial charge in [-0.05, 0) is 6.08 Å². The summed E-state index contributed by atoms with van der Waals surface area (Å²) in [5, 5.41) is 0. The molecule has 1 aromatic carbocycles. The molecule has 2 aliphatic heterocycles. The summed E-state index contributed by atoms with van der Waals surface area (Å²) >= 11 is 0. The molecule has 0 spiro atoms. The largest absolute Gasteiger partial charge is 0.493 e.